The van der Waals surface area contributed by atoms with Crippen molar-refractivity contribution < 1.29 is 4.74 Å². The van der Waals surface area contributed by atoms with Gasteiger partial charge in [0.1, 0.15) is 5.75 Å². The highest BCUT2D eigenvalue weighted by Gasteiger charge is 2.37. The molecule has 0 radical (unpaired) electrons. The Morgan fingerprint density at radius 1 is 0.955 bits per heavy atom. The average molecular weight is 291 g/mol. The highest BCUT2D eigenvalue weighted by Crippen LogP contribution is 2.47. The van der Waals surface area contributed by atoms with E-state index in [1.165, 1.54) is 48.8 Å². The van der Waals surface area contributed by atoms with Crippen LogP contribution in [0.1, 0.15) is 37.7 Å². The van der Waals surface area contributed by atoms with Gasteiger partial charge in [0.25, 0.3) is 0 Å². The number of hydrogen-bond acceptors (Lipinski definition) is 2. The Hall–Kier alpha value is -2.09. The van der Waals surface area contributed by atoms with Gasteiger partial charge in [-0.1, -0.05) is 37.5 Å². The second-order valence-corrected chi connectivity index (χ2v) is 6.44. The van der Waals surface area contributed by atoms with Crippen molar-refractivity contribution in [3.63, 3.8) is 0 Å². The van der Waals surface area contributed by atoms with E-state index in [1.807, 2.05) is 12.1 Å². The van der Waals surface area contributed by atoms with E-state index in [1.54, 1.807) is 7.11 Å². The van der Waals surface area contributed by atoms with Gasteiger partial charge < -0.3 is 4.74 Å². The molecule has 0 N–H and O–H groups in total. The molecule has 1 aliphatic heterocycles. The average Bonchev–Trinajstić information content (AvgIpc) is 2.93. The molecule has 1 spiro atoms. The third-order valence-electron chi connectivity index (χ3n) is 5.13. The van der Waals surface area contributed by atoms with Crippen LogP contribution in [0, 0.1) is 0 Å². The second kappa shape index (κ2) is 5.28. The molecule has 1 fully saturated rings. The maximum atomic E-state index is 5.35. The zero-order valence-electron chi connectivity index (χ0n) is 13.0. The second-order valence-electron chi connectivity index (χ2n) is 6.44. The molecular formula is C20H21NO. The van der Waals surface area contributed by atoms with E-state index >= 15 is 0 Å². The maximum Gasteiger partial charge on any atom is 0.119 e. The van der Waals surface area contributed by atoms with Gasteiger partial charge in [0.05, 0.1) is 12.8 Å². The van der Waals surface area contributed by atoms with E-state index in [2.05, 4.69) is 36.5 Å². The van der Waals surface area contributed by atoms with Crippen LogP contribution in [0.25, 0.3) is 11.1 Å². The SMILES string of the molecule is COc1cccc(-c2ccc3c(c2)C2(C=N3)CCCCC2)c1. The fraction of sp³-hybridized carbons (Fsp3) is 0.350. The van der Waals surface area contributed by atoms with Crippen molar-refractivity contribution in [2.45, 2.75) is 37.5 Å². The molecule has 1 saturated carbocycles. The molecule has 0 amide bonds. The van der Waals surface area contributed by atoms with Crippen LogP contribution < -0.4 is 4.74 Å². The summed E-state index contributed by atoms with van der Waals surface area (Å²) in [7, 11) is 1.71. The topological polar surface area (TPSA) is 21.6 Å². The van der Waals surface area contributed by atoms with Gasteiger partial charge in [-0.05, 0) is 53.8 Å². The Kier molecular flexibility index (Phi) is 3.25. The molecule has 0 saturated heterocycles. The minimum Gasteiger partial charge on any atom is -0.497 e. The van der Waals surface area contributed by atoms with E-state index in [4.69, 9.17) is 9.73 Å². The Balaban J connectivity index is 1.77. The highest BCUT2D eigenvalue weighted by atomic mass is 16.5. The van der Waals surface area contributed by atoms with Crippen molar-refractivity contribution in [1.82, 2.24) is 0 Å². The van der Waals surface area contributed by atoms with Gasteiger partial charge in [-0.2, -0.15) is 0 Å². The number of benzene rings is 2. The van der Waals surface area contributed by atoms with Crippen LogP contribution >= 0.6 is 0 Å². The first kappa shape index (κ1) is 13.6. The van der Waals surface area contributed by atoms with Gasteiger partial charge >= 0.3 is 0 Å². The normalized spacial score (nSPS) is 18.4. The Labute approximate surface area is 131 Å². The number of hydrogen-bond donors (Lipinski definition) is 0. The number of nitrogens with zero attached hydrogens (tertiary/aromatic N) is 1. The lowest BCUT2D eigenvalue weighted by Gasteiger charge is -2.32. The molecular weight excluding hydrogens is 270 g/mol. The summed E-state index contributed by atoms with van der Waals surface area (Å²) in [5.41, 5.74) is 5.25. The number of ether oxygens (including phenoxy) is 1. The summed E-state index contributed by atoms with van der Waals surface area (Å²) in [5, 5.41) is 0. The molecule has 2 aliphatic rings. The lowest BCUT2D eigenvalue weighted by molar-refractivity contribution is 0.391. The van der Waals surface area contributed by atoms with Gasteiger partial charge in [-0.3, -0.25) is 4.99 Å². The molecule has 0 unspecified atom stereocenters. The zero-order valence-corrected chi connectivity index (χ0v) is 13.0. The van der Waals surface area contributed by atoms with Crippen molar-refractivity contribution in [1.29, 1.82) is 0 Å². The first-order chi connectivity index (χ1) is 10.8. The molecule has 1 heterocycles. The van der Waals surface area contributed by atoms with Gasteiger partial charge in [0.2, 0.25) is 0 Å². The van der Waals surface area contributed by atoms with Crippen LogP contribution in [0.5, 0.6) is 5.75 Å². The minimum absolute atomic E-state index is 0.197. The van der Waals surface area contributed by atoms with Crippen molar-refractivity contribution in [3.05, 3.63) is 48.0 Å². The predicted octanol–water partition coefficient (Wildman–Crippen LogP) is 5.28. The molecule has 0 atom stereocenters. The van der Waals surface area contributed by atoms with Gasteiger partial charge in [-0.25, -0.2) is 0 Å². The number of methoxy groups -OCH3 is 1. The highest BCUT2D eigenvalue weighted by molar-refractivity contribution is 5.87. The Bertz CT molecular complexity index is 726. The Morgan fingerprint density at radius 2 is 1.77 bits per heavy atom. The third kappa shape index (κ3) is 2.14. The molecule has 4 rings (SSSR count). The fourth-order valence-electron chi connectivity index (χ4n) is 3.87. The van der Waals surface area contributed by atoms with Gasteiger partial charge in [0.15, 0.2) is 0 Å². The monoisotopic (exact) mass is 291 g/mol. The van der Waals surface area contributed by atoms with E-state index in [9.17, 15) is 0 Å². The molecule has 0 bridgehead atoms. The van der Waals surface area contributed by atoms with Crippen molar-refractivity contribution in [2.24, 2.45) is 4.99 Å². The van der Waals surface area contributed by atoms with Gasteiger partial charge in [0, 0.05) is 11.6 Å². The lowest BCUT2D eigenvalue weighted by atomic mass is 9.70. The fourth-order valence-corrected chi connectivity index (χ4v) is 3.87. The number of aliphatic imine (C=N–C) groups is 1. The summed E-state index contributed by atoms with van der Waals surface area (Å²) < 4.78 is 5.35. The van der Waals surface area contributed by atoms with E-state index in [-0.39, 0.29) is 5.41 Å². The van der Waals surface area contributed by atoms with Crippen LogP contribution in [0.2, 0.25) is 0 Å². The standard InChI is InChI=1S/C20H21NO/c1-22-17-7-5-6-15(12-17)16-8-9-19-18(13-16)20(14-21-19)10-3-2-4-11-20/h5-9,12-14H,2-4,10-11H2,1H3. The molecule has 22 heavy (non-hydrogen) atoms. The molecule has 2 aromatic rings. The quantitative estimate of drug-likeness (QED) is 0.737. The molecule has 2 nitrogen and oxygen atoms in total. The van der Waals surface area contributed by atoms with Gasteiger partial charge in [-0.15, -0.1) is 0 Å². The summed E-state index contributed by atoms with van der Waals surface area (Å²) in [6.45, 7) is 0. The lowest BCUT2D eigenvalue weighted by Crippen LogP contribution is -2.28. The van der Waals surface area contributed by atoms with Crippen LogP contribution in [-0.2, 0) is 5.41 Å². The number of rotatable bonds is 2. The molecule has 2 aromatic carbocycles. The first-order valence-corrected chi connectivity index (χ1v) is 8.15. The summed E-state index contributed by atoms with van der Waals surface area (Å²) in [4.78, 5) is 4.70. The molecule has 1 aliphatic carbocycles. The summed E-state index contributed by atoms with van der Waals surface area (Å²) >= 11 is 0. The zero-order chi connectivity index (χ0) is 15.0. The summed E-state index contributed by atoms with van der Waals surface area (Å²) in [6, 6.07) is 15.0. The number of fused-ring (bicyclic) bond motifs is 2. The van der Waals surface area contributed by atoms with E-state index < -0.39 is 0 Å². The smallest absolute Gasteiger partial charge is 0.119 e. The van der Waals surface area contributed by atoms with Crippen molar-refractivity contribution in [2.75, 3.05) is 7.11 Å². The maximum absolute atomic E-state index is 5.35. The Morgan fingerprint density at radius 3 is 2.59 bits per heavy atom. The molecule has 112 valence electrons. The summed E-state index contributed by atoms with van der Waals surface area (Å²) in [6.07, 6.45) is 8.69. The third-order valence-corrected chi connectivity index (χ3v) is 5.13. The van der Waals surface area contributed by atoms with Crippen LogP contribution in [0.4, 0.5) is 5.69 Å². The summed E-state index contributed by atoms with van der Waals surface area (Å²) in [5.74, 6) is 0.904. The van der Waals surface area contributed by atoms with E-state index in [0.717, 1.165) is 11.4 Å². The molecule has 2 heteroatoms. The van der Waals surface area contributed by atoms with Crippen molar-refractivity contribution in [3.8, 4) is 16.9 Å². The minimum atomic E-state index is 0.197. The van der Waals surface area contributed by atoms with Crippen LogP contribution in [0.3, 0.4) is 0 Å². The largest absolute Gasteiger partial charge is 0.497 e. The predicted molar refractivity (Wildman–Crippen MR) is 91.3 cm³/mol. The van der Waals surface area contributed by atoms with Crippen LogP contribution in [-0.4, -0.2) is 13.3 Å². The van der Waals surface area contributed by atoms with Crippen LogP contribution in [0.15, 0.2) is 47.5 Å². The first-order valence-electron chi connectivity index (χ1n) is 8.15. The van der Waals surface area contributed by atoms with Crippen molar-refractivity contribution >= 4 is 11.9 Å². The molecule has 0 aromatic heterocycles. The van der Waals surface area contributed by atoms with E-state index in [0.29, 0.717) is 0 Å².